The van der Waals surface area contributed by atoms with Crippen molar-refractivity contribution in [3.8, 4) is 0 Å². The Morgan fingerprint density at radius 3 is 2.29 bits per heavy atom. The monoisotopic (exact) mass is 374 g/mol. The molecular formula is C23H22N2O3. The second-order valence-corrected chi connectivity index (χ2v) is 6.67. The molecule has 28 heavy (non-hydrogen) atoms. The van der Waals surface area contributed by atoms with Gasteiger partial charge in [0, 0.05) is 17.3 Å². The van der Waals surface area contributed by atoms with Crippen LogP contribution < -0.4 is 10.6 Å². The molecule has 0 atom stereocenters. The molecule has 2 N–H and O–H groups in total. The van der Waals surface area contributed by atoms with Crippen molar-refractivity contribution >= 4 is 23.6 Å². The predicted molar refractivity (Wildman–Crippen MR) is 110 cm³/mol. The van der Waals surface area contributed by atoms with Crippen molar-refractivity contribution in [2.75, 3.05) is 5.32 Å². The molecule has 0 aliphatic carbocycles. The first-order chi connectivity index (χ1) is 13.4. The van der Waals surface area contributed by atoms with Crippen LogP contribution in [0.5, 0.6) is 0 Å². The summed E-state index contributed by atoms with van der Waals surface area (Å²) in [6, 6.07) is 16.4. The van der Waals surface area contributed by atoms with Gasteiger partial charge in [0.05, 0.1) is 6.26 Å². The number of benzene rings is 2. The van der Waals surface area contributed by atoms with Crippen LogP contribution in [0.15, 0.2) is 71.0 Å². The van der Waals surface area contributed by atoms with Gasteiger partial charge in [-0.15, -0.1) is 0 Å². The molecule has 2 amide bonds. The summed E-state index contributed by atoms with van der Waals surface area (Å²) in [5.41, 5.74) is 4.17. The molecule has 0 aliphatic rings. The van der Waals surface area contributed by atoms with Gasteiger partial charge >= 0.3 is 0 Å². The molecule has 0 aliphatic heterocycles. The minimum Gasteiger partial charge on any atom is -0.465 e. The molecule has 142 valence electrons. The van der Waals surface area contributed by atoms with E-state index in [2.05, 4.69) is 10.6 Å². The number of rotatable bonds is 5. The fraction of sp³-hybridized carbons (Fsp3) is 0.130. The van der Waals surface area contributed by atoms with Crippen LogP contribution in [0.25, 0.3) is 6.08 Å². The first kappa shape index (κ1) is 19.2. The SMILES string of the molecule is Cc1cc(C)cc(NC(=O)/C(=C/c2ccco2)NC(=O)c2ccccc2C)c1. The summed E-state index contributed by atoms with van der Waals surface area (Å²) in [6.45, 7) is 5.77. The molecule has 0 bridgehead atoms. The summed E-state index contributed by atoms with van der Waals surface area (Å²) < 4.78 is 5.31. The van der Waals surface area contributed by atoms with Gasteiger partial charge in [-0.3, -0.25) is 9.59 Å². The highest BCUT2D eigenvalue weighted by Crippen LogP contribution is 2.16. The first-order valence-electron chi connectivity index (χ1n) is 8.94. The standard InChI is InChI=1S/C23H22N2O3/c1-15-11-16(2)13-18(12-15)24-23(27)21(14-19-8-6-10-28-19)25-22(26)20-9-5-4-7-17(20)3/h4-14H,1-3H3,(H,24,27)(H,25,26)/b21-14-. The zero-order valence-corrected chi connectivity index (χ0v) is 16.1. The number of aryl methyl sites for hydroxylation is 3. The normalized spacial score (nSPS) is 11.2. The van der Waals surface area contributed by atoms with Crippen LogP contribution in [0.3, 0.4) is 0 Å². The van der Waals surface area contributed by atoms with E-state index in [4.69, 9.17) is 4.42 Å². The third-order valence-corrected chi connectivity index (χ3v) is 4.19. The average molecular weight is 374 g/mol. The fourth-order valence-corrected chi connectivity index (χ4v) is 2.94. The molecule has 2 aromatic carbocycles. The van der Waals surface area contributed by atoms with Gasteiger partial charge in [-0.2, -0.15) is 0 Å². The summed E-state index contributed by atoms with van der Waals surface area (Å²) in [5.74, 6) is -0.314. The Morgan fingerprint density at radius 2 is 1.64 bits per heavy atom. The van der Waals surface area contributed by atoms with Gasteiger partial charge in [-0.05, 0) is 67.8 Å². The van der Waals surface area contributed by atoms with Crippen LogP contribution in [0, 0.1) is 20.8 Å². The number of hydrogen-bond donors (Lipinski definition) is 2. The Labute approximate surface area is 164 Å². The number of carbonyl (C=O) groups excluding carboxylic acids is 2. The van der Waals surface area contributed by atoms with E-state index in [1.54, 1.807) is 24.3 Å². The van der Waals surface area contributed by atoms with E-state index in [9.17, 15) is 9.59 Å². The quantitative estimate of drug-likeness (QED) is 0.641. The van der Waals surface area contributed by atoms with Crippen LogP contribution in [-0.2, 0) is 4.79 Å². The Kier molecular flexibility index (Phi) is 5.75. The minimum atomic E-state index is -0.427. The van der Waals surface area contributed by atoms with Gasteiger partial charge in [0.1, 0.15) is 11.5 Å². The Morgan fingerprint density at radius 1 is 0.929 bits per heavy atom. The van der Waals surface area contributed by atoms with Crippen LogP contribution >= 0.6 is 0 Å². The van der Waals surface area contributed by atoms with Crippen molar-refractivity contribution in [2.45, 2.75) is 20.8 Å². The van der Waals surface area contributed by atoms with E-state index >= 15 is 0 Å². The number of furan rings is 1. The lowest BCUT2D eigenvalue weighted by Gasteiger charge is -2.12. The summed E-state index contributed by atoms with van der Waals surface area (Å²) in [6.07, 6.45) is 3.02. The molecule has 5 heteroatoms. The second kappa shape index (κ2) is 8.39. The lowest BCUT2D eigenvalue weighted by atomic mass is 10.1. The Hall–Kier alpha value is -3.60. The van der Waals surface area contributed by atoms with Crippen molar-refractivity contribution < 1.29 is 14.0 Å². The maximum atomic E-state index is 12.9. The average Bonchev–Trinajstić information content (AvgIpc) is 3.13. The topological polar surface area (TPSA) is 71.3 Å². The zero-order chi connectivity index (χ0) is 20.1. The number of anilines is 1. The Bertz CT molecular complexity index is 1010. The van der Waals surface area contributed by atoms with Crippen LogP contribution in [0.1, 0.15) is 32.8 Å². The first-order valence-corrected chi connectivity index (χ1v) is 8.94. The molecule has 0 unspecified atom stereocenters. The van der Waals surface area contributed by atoms with Crippen molar-refractivity contribution in [1.29, 1.82) is 0 Å². The van der Waals surface area contributed by atoms with Gasteiger partial charge in [0.15, 0.2) is 0 Å². The van der Waals surface area contributed by atoms with Gasteiger partial charge in [0.2, 0.25) is 0 Å². The summed E-state index contributed by atoms with van der Waals surface area (Å²) in [4.78, 5) is 25.6. The highest BCUT2D eigenvalue weighted by molar-refractivity contribution is 6.10. The largest absolute Gasteiger partial charge is 0.465 e. The summed E-state index contributed by atoms with van der Waals surface area (Å²) in [7, 11) is 0. The summed E-state index contributed by atoms with van der Waals surface area (Å²) >= 11 is 0. The van der Waals surface area contributed by atoms with E-state index in [-0.39, 0.29) is 11.6 Å². The second-order valence-electron chi connectivity index (χ2n) is 6.67. The highest BCUT2D eigenvalue weighted by Gasteiger charge is 2.17. The molecule has 0 spiro atoms. The molecular weight excluding hydrogens is 352 g/mol. The molecule has 1 heterocycles. The summed E-state index contributed by atoms with van der Waals surface area (Å²) in [5, 5.41) is 5.56. The number of hydrogen-bond acceptors (Lipinski definition) is 3. The fourth-order valence-electron chi connectivity index (χ4n) is 2.94. The van der Waals surface area contributed by atoms with E-state index in [0.717, 1.165) is 16.7 Å². The predicted octanol–water partition coefficient (Wildman–Crippen LogP) is 4.61. The van der Waals surface area contributed by atoms with E-state index < -0.39 is 5.91 Å². The van der Waals surface area contributed by atoms with Gasteiger partial charge in [-0.1, -0.05) is 24.3 Å². The van der Waals surface area contributed by atoms with E-state index in [1.807, 2.05) is 51.1 Å². The minimum absolute atomic E-state index is 0.0994. The Balaban J connectivity index is 1.88. The van der Waals surface area contributed by atoms with E-state index in [1.165, 1.54) is 12.3 Å². The van der Waals surface area contributed by atoms with Gasteiger partial charge < -0.3 is 15.1 Å². The maximum Gasteiger partial charge on any atom is 0.272 e. The van der Waals surface area contributed by atoms with Crippen LogP contribution in [0.4, 0.5) is 5.69 Å². The van der Waals surface area contributed by atoms with Crippen LogP contribution in [-0.4, -0.2) is 11.8 Å². The maximum absolute atomic E-state index is 12.9. The van der Waals surface area contributed by atoms with Crippen molar-refractivity contribution in [3.63, 3.8) is 0 Å². The number of amides is 2. The molecule has 1 aromatic heterocycles. The molecule has 0 fully saturated rings. The highest BCUT2D eigenvalue weighted by atomic mass is 16.3. The third kappa shape index (κ3) is 4.76. The lowest BCUT2D eigenvalue weighted by Crippen LogP contribution is -2.31. The smallest absolute Gasteiger partial charge is 0.272 e. The van der Waals surface area contributed by atoms with Gasteiger partial charge in [0.25, 0.3) is 11.8 Å². The van der Waals surface area contributed by atoms with Crippen molar-refractivity contribution in [2.24, 2.45) is 0 Å². The number of carbonyl (C=O) groups is 2. The lowest BCUT2D eigenvalue weighted by molar-refractivity contribution is -0.113. The zero-order valence-electron chi connectivity index (χ0n) is 16.1. The molecule has 0 radical (unpaired) electrons. The van der Waals surface area contributed by atoms with E-state index in [0.29, 0.717) is 17.0 Å². The van der Waals surface area contributed by atoms with Crippen LogP contribution in [0.2, 0.25) is 0 Å². The molecule has 3 aromatic rings. The molecule has 0 saturated carbocycles. The third-order valence-electron chi connectivity index (χ3n) is 4.19. The van der Waals surface area contributed by atoms with Gasteiger partial charge in [-0.25, -0.2) is 0 Å². The van der Waals surface area contributed by atoms with Crippen molar-refractivity contribution in [3.05, 3.63) is 94.6 Å². The molecule has 5 nitrogen and oxygen atoms in total. The molecule has 3 rings (SSSR count). The number of nitrogens with one attached hydrogen (secondary N) is 2. The van der Waals surface area contributed by atoms with Crippen molar-refractivity contribution in [1.82, 2.24) is 5.32 Å². The molecule has 0 saturated heterocycles.